The molecular weight excluding hydrogens is 612 g/mol. The molecule has 2 aromatic rings. The molecule has 0 amide bonds. The van der Waals surface area contributed by atoms with Crippen molar-refractivity contribution in [2.24, 2.45) is 5.92 Å². The molecule has 0 atom stereocenters. The van der Waals surface area contributed by atoms with Crippen LogP contribution in [0.2, 0.25) is 0 Å². The summed E-state index contributed by atoms with van der Waals surface area (Å²) < 4.78 is 57.8. The summed E-state index contributed by atoms with van der Waals surface area (Å²) in [6.07, 6.45) is 7.21. The summed E-state index contributed by atoms with van der Waals surface area (Å²) in [5, 5.41) is 11.7. The van der Waals surface area contributed by atoms with Gasteiger partial charge in [0.15, 0.2) is 4.90 Å². The number of sulfonamides is 2. The van der Waals surface area contributed by atoms with E-state index in [-0.39, 0.29) is 48.4 Å². The van der Waals surface area contributed by atoms with Crippen LogP contribution in [0.15, 0.2) is 70.5 Å². The van der Waals surface area contributed by atoms with Gasteiger partial charge in [-0.2, -0.15) is 8.61 Å². The van der Waals surface area contributed by atoms with Crippen molar-refractivity contribution in [1.82, 2.24) is 13.5 Å². The quantitative estimate of drug-likeness (QED) is 0.227. The summed E-state index contributed by atoms with van der Waals surface area (Å²) in [6.45, 7) is 8.41. The summed E-state index contributed by atoms with van der Waals surface area (Å²) >= 11 is 0. The van der Waals surface area contributed by atoms with Gasteiger partial charge in [0, 0.05) is 38.8 Å². The van der Waals surface area contributed by atoms with Crippen molar-refractivity contribution < 1.29 is 21.8 Å². The smallest absolute Gasteiger partial charge is 0.289 e. The highest BCUT2D eigenvalue weighted by molar-refractivity contribution is 7.89. The maximum absolute atomic E-state index is 13.8. The van der Waals surface area contributed by atoms with Crippen molar-refractivity contribution in [3.63, 3.8) is 0 Å². The molecule has 1 aliphatic heterocycles. The first kappa shape index (κ1) is 35.1. The van der Waals surface area contributed by atoms with Gasteiger partial charge in [0.05, 0.1) is 9.82 Å². The molecule has 0 radical (unpaired) electrons. The van der Waals surface area contributed by atoms with Gasteiger partial charge in [-0.3, -0.25) is 10.1 Å². The molecule has 2 aromatic carbocycles. The van der Waals surface area contributed by atoms with Crippen LogP contribution in [0.25, 0.3) is 0 Å². The Balaban J connectivity index is 0.00000506. The number of para-hydroxylation sites is 1. The monoisotopic (exact) mass is 654 g/mol. The zero-order chi connectivity index (χ0) is 30.3. The van der Waals surface area contributed by atoms with Crippen molar-refractivity contribution in [2.75, 3.05) is 45.8 Å². The van der Waals surface area contributed by atoms with Gasteiger partial charge in [-0.15, -0.1) is 12.4 Å². The van der Waals surface area contributed by atoms with Gasteiger partial charge >= 0.3 is 0 Å². The lowest BCUT2D eigenvalue weighted by Gasteiger charge is -2.33. The van der Waals surface area contributed by atoms with Gasteiger partial charge < -0.3 is 4.90 Å². The SMILES string of the molecule is C=C1CN(S(=O)(=O)c2ccc(C)cc2)CCCN(CC2CCCCC2)CCCN(S(=O)(=O)c2ccccc2[N+](=O)[O-])C1.Cl. The molecule has 0 N–H and O–H groups in total. The van der Waals surface area contributed by atoms with E-state index in [0.717, 1.165) is 12.1 Å². The van der Waals surface area contributed by atoms with Crippen LogP contribution in [-0.4, -0.2) is 81.1 Å². The van der Waals surface area contributed by atoms with Gasteiger partial charge in [-0.05, 0) is 75.4 Å². The summed E-state index contributed by atoms with van der Waals surface area (Å²) in [5.41, 5.74) is 0.852. The number of benzene rings is 2. The van der Waals surface area contributed by atoms with Crippen LogP contribution in [0.3, 0.4) is 0 Å². The first-order valence-electron chi connectivity index (χ1n) is 14.7. The molecule has 13 heteroatoms. The highest BCUT2D eigenvalue weighted by Gasteiger charge is 2.33. The fourth-order valence-electron chi connectivity index (χ4n) is 5.91. The Hall–Kier alpha value is -2.35. The molecule has 1 heterocycles. The zero-order valence-electron chi connectivity index (χ0n) is 24.8. The minimum absolute atomic E-state index is 0. The van der Waals surface area contributed by atoms with Crippen LogP contribution in [0.5, 0.6) is 0 Å². The molecule has 1 aliphatic carbocycles. The second kappa shape index (κ2) is 15.6. The second-order valence-electron chi connectivity index (χ2n) is 11.5. The van der Waals surface area contributed by atoms with Crippen LogP contribution in [0.1, 0.15) is 50.5 Å². The Morgan fingerprint density at radius 1 is 0.814 bits per heavy atom. The van der Waals surface area contributed by atoms with Crippen LogP contribution >= 0.6 is 12.4 Å². The number of nitro groups is 1. The lowest BCUT2D eigenvalue weighted by atomic mass is 9.89. The second-order valence-corrected chi connectivity index (χ2v) is 15.3. The fourth-order valence-corrected chi connectivity index (χ4v) is 9.07. The third kappa shape index (κ3) is 9.09. The lowest BCUT2D eigenvalue weighted by Crippen LogP contribution is -2.42. The maximum Gasteiger partial charge on any atom is 0.289 e. The molecule has 4 rings (SSSR count). The molecule has 238 valence electrons. The third-order valence-corrected chi connectivity index (χ3v) is 11.9. The average molecular weight is 655 g/mol. The van der Waals surface area contributed by atoms with Gasteiger partial charge in [-0.1, -0.05) is 55.7 Å². The molecule has 0 bridgehead atoms. The Kier molecular flexibility index (Phi) is 12.7. The van der Waals surface area contributed by atoms with E-state index in [2.05, 4.69) is 11.5 Å². The van der Waals surface area contributed by atoms with Crippen LogP contribution in [-0.2, 0) is 20.0 Å². The van der Waals surface area contributed by atoms with Crippen molar-refractivity contribution in [3.05, 3.63) is 76.4 Å². The number of hydrogen-bond donors (Lipinski definition) is 0. The minimum atomic E-state index is -4.27. The molecule has 0 aromatic heterocycles. The van der Waals surface area contributed by atoms with Gasteiger partial charge in [-0.25, -0.2) is 16.8 Å². The largest absolute Gasteiger partial charge is 0.303 e. The molecule has 43 heavy (non-hydrogen) atoms. The van der Waals surface area contributed by atoms with Crippen molar-refractivity contribution in [1.29, 1.82) is 0 Å². The van der Waals surface area contributed by atoms with E-state index < -0.39 is 30.7 Å². The first-order chi connectivity index (χ1) is 20.0. The summed E-state index contributed by atoms with van der Waals surface area (Å²) in [6, 6.07) is 12.0. The Bertz CT molecular complexity index is 1460. The molecule has 2 fully saturated rings. The van der Waals surface area contributed by atoms with E-state index >= 15 is 0 Å². The fraction of sp³-hybridized carbons (Fsp3) is 0.533. The maximum atomic E-state index is 13.8. The van der Waals surface area contributed by atoms with Gasteiger partial charge in [0.1, 0.15) is 0 Å². The Morgan fingerprint density at radius 3 is 1.95 bits per heavy atom. The number of aryl methyl sites for hydroxylation is 1. The van der Waals surface area contributed by atoms with E-state index in [1.54, 1.807) is 24.3 Å². The highest BCUT2D eigenvalue weighted by atomic mass is 35.5. The topological polar surface area (TPSA) is 121 Å². The summed E-state index contributed by atoms with van der Waals surface area (Å²) in [7, 11) is -8.14. The van der Waals surface area contributed by atoms with E-state index in [0.29, 0.717) is 37.4 Å². The van der Waals surface area contributed by atoms with Crippen LogP contribution < -0.4 is 0 Å². The van der Waals surface area contributed by atoms with Crippen molar-refractivity contribution in [2.45, 2.75) is 61.7 Å². The van der Waals surface area contributed by atoms with E-state index in [1.807, 2.05) is 6.92 Å². The lowest BCUT2D eigenvalue weighted by molar-refractivity contribution is -0.387. The minimum Gasteiger partial charge on any atom is -0.303 e. The van der Waals surface area contributed by atoms with E-state index in [9.17, 15) is 26.9 Å². The number of hydrogen-bond acceptors (Lipinski definition) is 7. The number of nitro benzene ring substituents is 1. The predicted molar refractivity (Wildman–Crippen MR) is 170 cm³/mol. The Labute approximate surface area is 262 Å². The molecule has 1 saturated carbocycles. The molecule has 0 spiro atoms. The van der Waals surface area contributed by atoms with Crippen molar-refractivity contribution >= 4 is 38.1 Å². The Morgan fingerprint density at radius 2 is 1.37 bits per heavy atom. The van der Waals surface area contributed by atoms with Crippen LogP contribution in [0, 0.1) is 23.0 Å². The van der Waals surface area contributed by atoms with Crippen LogP contribution in [0.4, 0.5) is 5.69 Å². The predicted octanol–water partition coefficient (Wildman–Crippen LogP) is 5.24. The zero-order valence-corrected chi connectivity index (χ0v) is 27.2. The average Bonchev–Trinajstić information content (AvgIpc) is 2.96. The number of rotatable bonds is 7. The van der Waals surface area contributed by atoms with E-state index in [1.165, 1.54) is 65.0 Å². The molecule has 2 aliphatic rings. The number of nitrogens with zero attached hydrogens (tertiary/aromatic N) is 4. The van der Waals surface area contributed by atoms with Gasteiger partial charge in [0.2, 0.25) is 20.0 Å². The standard InChI is InChI=1S/C30H42N4O6S2.ClH/c1-25-14-16-28(17-15-25)41(37,38)32-20-8-18-31(24-27-10-4-3-5-11-27)19-9-21-33(23-26(2)22-32)42(39,40)30-13-7-6-12-29(30)34(35)36;/h6-7,12-17,27H,2-5,8-11,18-24H2,1H3;1H. The number of halogens is 1. The molecule has 0 unspecified atom stereocenters. The molecule has 10 nitrogen and oxygen atoms in total. The van der Waals surface area contributed by atoms with Gasteiger partial charge in [0.25, 0.3) is 5.69 Å². The molecule has 1 saturated heterocycles. The third-order valence-electron chi connectivity index (χ3n) is 8.14. The highest BCUT2D eigenvalue weighted by Crippen LogP contribution is 2.28. The normalized spacial score (nSPS) is 19.6. The molecular formula is C30H43ClN4O6S2. The summed E-state index contributed by atoms with van der Waals surface area (Å²) in [4.78, 5) is 13.1. The first-order valence-corrected chi connectivity index (χ1v) is 17.6. The van der Waals surface area contributed by atoms with Crippen molar-refractivity contribution in [3.8, 4) is 0 Å². The summed E-state index contributed by atoms with van der Waals surface area (Å²) in [5.74, 6) is 0.575. The van der Waals surface area contributed by atoms with E-state index in [4.69, 9.17) is 0 Å².